The fourth-order valence-electron chi connectivity index (χ4n) is 3.70. The van der Waals surface area contributed by atoms with Crippen molar-refractivity contribution in [3.8, 4) is 17.2 Å². The molecule has 1 heterocycles. The Morgan fingerprint density at radius 2 is 1.79 bits per heavy atom. The molecule has 3 rings (SSSR count). The number of piperidine rings is 1. The summed E-state index contributed by atoms with van der Waals surface area (Å²) in [5.41, 5.74) is 1.60. The molecule has 2 aromatic rings. The molecule has 28 heavy (non-hydrogen) atoms. The maximum atomic E-state index is 13.6. The van der Waals surface area contributed by atoms with Crippen LogP contribution in [0.4, 0.5) is 4.39 Å². The van der Waals surface area contributed by atoms with E-state index in [-0.39, 0.29) is 23.3 Å². The molecule has 1 aliphatic heterocycles. The summed E-state index contributed by atoms with van der Waals surface area (Å²) >= 11 is 0. The van der Waals surface area contributed by atoms with Crippen LogP contribution in [-0.2, 0) is 6.54 Å². The van der Waals surface area contributed by atoms with E-state index >= 15 is 0 Å². The quantitative estimate of drug-likeness (QED) is 0.674. The first kappa shape index (κ1) is 20.1. The lowest BCUT2D eigenvalue weighted by Crippen LogP contribution is -2.38. The first-order valence-electron chi connectivity index (χ1n) is 9.36. The van der Waals surface area contributed by atoms with Gasteiger partial charge in [0.25, 0.3) is 0 Å². The lowest BCUT2D eigenvalue weighted by molar-refractivity contribution is 0.0811. The molecule has 0 aliphatic carbocycles. The summed E-state index contributed by atoms with van der Waals surface area (Å²) < 4.78 is 29.2. The SMILES string of the molecule is COc1cc(CN2CCCC(C(=O)c3ccc(OC)c(OC)c3)C2)ccc1F. The second-order valence-corrected chi connectivity index (χ2v) is 6.98. The molecular weight excluding hydrogens is 361 g/mol. The monoisotopic (exact) mass is 387 g/mol. The van der Waals surface area contributed by atoms with Crippen LogP contribution in [0.3, 0.4) is 0 Å². The number of hydrogen-bond acceptors (Lipinski definition) is 5. The van der Waals surface area contributed by atoms with Crippen molar-refractivity contribution in [2.75, 3.05) is 34.4 Å². The molecule has 150 valence electrons. The van der Waals surface area contributed by atoms with Crippen molar-refractivity contribution in [2.45, 2.75) is 19.4 Å². The van der Waals surface area contributed by atoms with E-state index in [0.29, 0.717) is 30.2 Å². The normalized spacial score (nSPS) is 17.2. The van der Waals surface area contributed by atoms with Gasteiger partial charge < -0.3 is 14.2 Å². The number of nitrogens with zero attached hydrogens (tertiary/aromatic N) is 1. The number of hydrogen-bond donors (Lipinski definition) is 0. The highest BCUT2D eigenvalue weighted by molar-refractivity contribution is 5.98. The maximum Gasteiger partial charge on any atom is 0.167 e. The van der Waals surface area contributed by atoms with Crippen LogP contribution >= 0.6 is 0 Å². The molecule has 1 atom stereocenters. The fraction of sp³-hybridized carbons (Fsp3) is 0.409. The highest BCUT2D eigenvalue weighted by Gasteiger charge is 2.27. The molecule has 5 nitrogen and oxygen atoms in total. The van der Waals surface area contributed by atoms with Crippen molar-refractivity contribution in [1.29, 1.82) is 0 Å². The molecule has 0 N–H and O–H groups in total. The number of likely N-dealkylation sites (tertiary alicyclic amines) is 1. The van der Waals surface area contributed by atoms with E-state index in [1.54, 1.807) is 44.6 Å². The summed E-state index contributed by atoms with van der Waals surface area (Å²) in [6, 6.07) is 10.2. The third-order valence-corrected chi connectivity index (χ3v) is 5.17. The van der Waals surface area contributed by atoms with Crippen LogP contribution in [0.25, 0.3) is 0 Å². The van der Waals surface area contributed by atoms with Crippen LogP contribution in [0, 0.1) is 11.7 Å². The number of benzene rings is 2. The van der Waals surface area contributed by atoms with E-state index in [0.717, 1.165) is 24.9 Å². The Morgan fingerprint density at radius 3 is 2.50 bits per heavy atom. The minimum absolute atomic E-state index is 0.0748. The van der Waals surface area contributed by atoms with Gasteiger partial charge in [-0.2, -0.15) is 0 Å². The molecule has 1 aliphatic rings. The molecule has 0 spiro atoms. The van der Waals surface area contributed by atoms with E-state index in [9.17, 15) is 9.18 Å². The second-order valence-electron chi connectivity index (χ2n) is 6.98. The van der Waals surface area contributed by atoms with Crippen LogP contribution in [0.5, 0.6) is 17.2 Å². The Hall–Kier alpha value is -2.60. The van der Waals surface area contributed by atoms with Crippen LogP contribution in [0.15, 0.2) is 36.4 Å². The van der Waals surface area contributed by atoms with Crippen molar-refractivity contribution in [3.05, 3.63) is 53.3 Å². The molecular formula is C22H26FNO4. The van der Waals surface area contributed by atoms with Gasteiger partial charge in [0.2, 0.25) is 0 Å². The standard InChI is InChI=1S/C22H26FNO4/c1-26-19-9-7-16(12-21(19)28-3)22(25)17-5-4-10-24(14-17)13-15-6-8-18(23)20(11-15)27-2/h6-9,11-12,17H,4-5,10,13-14H2,1-3H3. The molecule has 0 bridgehead atoms. The predicted octanol–water partition coefficient (Wildman–Crippen LogP) is 3.95. The minimum Gasteiger partial charge on any atom is -0.494 e. The van der Waals surface area contributed by atoms with Gasteiger partial charge in [0, 0.05) is 24.6 Å². The summed E-state index contributed by atoms with van der Waals surface area (Å²) in [5, 5.41) is 0. The second kappa shape index (κ2) is 9.06. The van der Waals surface area contributed by atoms with Crippen molar-refractivity contribution >= 4 is 5.78 Å². The molecule has 6 heteroatoms. The van der Waals surface area contributed by atoms with Crippen LogP contribution < -0.4 is 14.2 Å². The maximum absolute atomic E-state index is 13.6. The van der Waals surface area contributed by atoms with Crippen molar-refractivity contribution in [2.24, 2.45) is 5.92 Å². The van der Waals surface area contributed by atoms with Gasteiger partial charge in [0.1, 0.15) is 0 Å². The summed E-state index contributed by atoms with van der Waals surface area (Å²) in [6.45, 7) is 2.24. The lowest BCUT2D eigenvalue weighted by Gasteiger charge is -2.32. The Labute approximate surface area is 165 Å². The smallest absolute Gasteiger partial charge is 0.167 e. The fourth-order valence-corrected chi connectivity index (χ4v) is 3.70. The number of rotatable bonds is 7. The summed E-state index contributed by atoms with van der Waals surface area (Å²) in [4.78, 5) is 15.3. The Balaban J connectivity index is 1.70. The molecule has 0 amide bonds. The number of Topliss-reactive ketones (excluding diaryl/α,β-unsaturated/α-hetero) is 1. The van der Waals surface area contributed by atoms with Crippen molar-refractivity contribution in [1.82, 2.24) is 4.90 Å². The number of carbonyl (C=O) groups excluding carboxylic acids is 1. The molecule has 1 fully saturated rings. The lowest BCUT2D eigenvalue weighted by atomic mass is 9.89. The molecule has 0 aromatic heterocycles. The van der Waals surface area contributed by atoms with Gasteiger partial charge in [0.15, 0.2) is 28.8 Å². The Morgan fingerprint density at radius 1 is 1.04 bits per heavy atom. The molecule has 2 aromatic carbocycles. The topological polar surface area (TPSA) is 48.0 Å². The van der Waals surface area contributed by atoms with Gasteiger partial charge >= 0.3 is 0 Å². The van der Waals surface area contributed by atoms with Gasteiger partial charge in [-0.1, -0.05) is 6.07 Å². The van der Waals surface area contributed by atoms with Crippen LogP contribution in [-0.4, -0.2) is 45.1 Å². The highest BCUT2D eigenvalue weighted by Crippen LogP contribution is 2.30. The molecule has 1 saturated heterocycles. The zero-order valence-electron chi connectivity index (χ0n) is 16.5. The molecule has 0 saturated carbocycles. The summed E-state index contributed by atoms with van der Waals surface area (Å²) in [5.74, 6) is 1.07. The predicted molar refractivity (Wildman–Crippen MR) is 105 cm³/mol. The number of halogens is 1. The van der Waals surface area contributed by atoms with E-state index in [1.807, 2.05) is 0 Å². The third-order valence-electron chi connectivity index (χ3n) is 5.17. The Bertz CT molecular complexity index is 839. The first-order valence-corrected chi connectivity index (χ1v) is 9.36. The number of ketones is 1. The zero-order valence-corrected chi connectivity index (χ0v) is 16.5. The van der Waals surface area contributed by atoms with Gasteiger partial charge in [-0.3, -0.25) is 9.69 Å². The highest BCUT2D eigenvalue weighted by atomic mass is 19.1. The van der Waals surface area contributed by atoms with Crippen LogP contribution in [0.2, 0.25) is 0 Å². The van der Waals surface area contributed by atoms with Gasteiger partial charge in [-0.05, 0) is 55.3 Å². The van der Waals surface area contributed by atoms with E-state index in [2.05, 4.69) is 4.90 Å². The summed E-state index contributed by atoms with van der Waals surface area (Å²) in [6.07, 6.45) is 1.80. The van der Waals surface area contributed by atoms with E-state index in [4.69, 9.17) is 14.2 Å². The van der Waals surface area contributed by atoms with E-state index < -0.39 is 0 Å². The third kappa shape index (κ3) is 4.44. The van der Waals surface area contributed by atoms with Gasteiger partial charge in [-0.15, -0.1) is 0 Å². The minimum atomic E-state index is -0.369. The summed E-state index contributed by atoms with van der Waals surface area (Å²) in [7, 11) is 4.59. The Kier molecular flexibility index (Phi) is 6.52. The number of carbonyl (C=O) groups is 1. The molecule has 1 unspecified atom stereocenters. The number of ether oxygens (including phenoxy) is 3. The average Bonchev–Trinajstić information content (AvgIpc) is 2.74. The first-order chi connectivity index (χ1) is 13.5. The van der Waals surface area contributed by atoms with E-state index in [1.165, 1.54) is 13.2 Å². The number of methoxy groups -OCH3 is 3. The van der Waals surface area contributed by atoms with Gasteiger partial charge in [-0.25, -0.2) is 4.39 Å². The largest absolute Gasteiger partial charge is 0.494 e. The zero-order chi connectivity index (χ0) is 20.1. The average molecular weight is 387 g/mol. The van der Waals surface area contributed by atoms with Crippen LogP contribution in [0.1, 0.15) is 28.8 Å². The van der Waals surface area contributed by atoms with Gasteiger partial charge in [0.05, 0.1) is 21.3 Å². The van der Waals surface area contributed by atoms with Crippen molar-refractivity contribution < 1.29 is 23.4 Å². The van der Waals surface area contributed by atoms with Crippen molar-refractivity contribution in [3.63, 3.8) is 0 Å². The molecule has 0 radical (unpaired) electrons.